The van der Waals surface area contributed by atoms with E-state index in [2.05, 4.69) is 85.8 Å². The number of terminal acetylenes is 1. The lowest BCUT2D eigenvalue weighted by atomic mass is 9.68. The number of fused-ring (bicyclic) bond motifs is 5. The number of hydrogen-bond donors (Lipinski definition) is 2. The third-order valence-corrected chi connectivity index (χ3v) is 9.80. The van der Waals surface area contributed by atoms with Crippen molar-refractivity contribution < 1.29 is 18.8 Å². The van der Waals surface area contributed by atoms with Gasteiger partial charge in [0.1, 0.15) is 11.5 Å². The maximum atomic E-state index is 11.4. The summed E-state index contributed by atoms with van der Waals surface area (Å²) in [5.41, 5.74) is 6.69. The first-order valence-corrected chi connectivity index (χ1v) is 14.6. The first-order chi connectivity index (χ1) is 18.4. The zero-order valence-electron chi connectivity index (χ0n) is 22.4. The zero-order chi connectivity index (χ0) is 26.8. The molecule has 3 heteroatoms. The molecule has 0 radical (unpaired) electrons. The molecular weight excluding hydrogens is 484 g/mol. The summed E-state index contributed by atoms with van der Waals surface area (Å²) in [5, 5.41) is 25.6. The van der Waals surface area contributed by atoms with Crippen LogP contribution < -0.4 is 0 Å². The molecule has 204 valence electrons. The Bertz CT molecular complexity index is 1500. The van der Waals surface area contributed by atoms with E-state index in [9.17, 15) is 10.2 Å². The van der Waals surface area contributed by atoms with Gasteiger partial charge in [-0.15, -0.1) is 6.42 Å². The lowest BCUT2D eigenvalue weighted by Gasteiger charge is -2.36. The topological polar surface area (TPSA) is 40.5 Å². The maximum absolute atomic E-state index is 11.4. The van der Waals surface area contributed by atoms with Gasteiger partial charge in [-0.05, 0) is 139 Å². The molecule has 3 aliphatic carbocycles. The van der Waals surface area contributed by atoms with Gasteiger partial charge in [0.15, 0.2) is 0 Å². The van der Waals surface area contributed by atoms with E-state index in [-0.39, 0.29) is 8.56 Å². The smallest absolute Gasteiger partial charge is 0.123 e. The highest BCUT2D eigenvalue weighted by molar-refractivity contribution is 8.03. The summed E-state index contributed by atoms with van der Waals surface area (Å²) in [6, 6.07) is 8.64. The molecule has 6 unspecified atom stereocenters. The fourth-order valence-corrected chi connectivity index (χ4v) is 8.42. The van der Waals surface area contributed by atoms with Crippen LogP contribution in [0.15, 0.2) is 24.3 Å². The van der Waals surface area contributed by atoms with E-state index in [1.165, 1.54) is 42.2 Å². The summed E-state index contributed by atoms with van der Waals surface area (Å²) in [6.07, 6.45) is 10.7. The molecule has 0 saturated heterocycles. The van der Waals surface area contributed by atoms with E-state index in [0.717, 1.165) is 46.9 Å². The van der Waals surface area contributed by atoms with Crippen molar-refractivity contribution in [1.82, 2.24) is 0 Å². The summed E-state index contributed by atoms with van der Waals surface area (Å²) in [5.74, 6) is 20.2. The quantitative estimate of drug-likeness (QED) is 0.381. The Morgan fingerprint density at radius 3 is 2.24 bits per heavy atom. The minimum absolute atomic E-state index is 0. The average Bonchev–Trinajstić information content (AvgIpc) is 3.61. The summed E-state index contributed by atoms with van der Waals surface area (Å²) in [6.45, 7) is 6.38. The number of rotatable bonds is 5. The molecular formula is C35H46O2S. The highest BCUT2D eigenvalue weighted by atomic mass is 32.2. The Labute approximate surface area is 240 Å². The van der Waals surface area contributed by atoms with Gasteiger partial charge >= 0.3 is 0 Å². The van der Waals surface area contributed by atoms with Gasteiger partial charge in [0.05, 0.1) is 0 Å². The van der Waals surface area contributed by atoms with Crippen LogP contribution in [0.25, 0.3) is 0 Å². The van der Waals surface area contributed by atoms with Gasteiger partial charge < -0.3 is 10.2 Å². The average molecular weight is 531 g/mol. The van der Waals surface area contributed by atoms with Crippen LogP contribution >= 0.6 is 11.8 Å². The molecule has 5 rings (SSSR count). The largest absolute Gasteiger partial charge is 0.507 e. The Hall–Kier alpha value is -3.37. The fraction of sp³-hybridized carbons (Fsp3) is 0.429. The van der Waals surface area contributed by atoms with E-state index in [0.29, 0.717) is 40.9 Å². The van der Waals surface area contributed by atoms with Crippen molar-refractivity contribution in [3.8, 4) is 58.7 Å². The van der Waals surface area contributed by atoms with E-state index in [1.54, 1.807) is 0 Å². The lowest BCUT2D eigenvalue weighted by Crippen LogP contribution is -2.27. The molecule has 0 spiro atoms. The predicted octanol–water partition coefficient (Wildman–Crippen LogP) is 8.52. The summed E-state index contributed by atoms with van der Waals surface area (Å²) < 4.78 is 0. The van der Waals surface area contributed by atoms with Gasteiger partial charge in [-0.2, -0.15) is 0 Å². The van der Waals surface area contributed by atoms with Gasteiger partial charge in [-0.1, -0.05) is 54.1 Å². The fourth-order valence-electron chi connectivity index (χ4n) is 7.85. The van der Waals surface area contributed by atoms with Crippen LogP contribution in [0.2, 0.25) is 0 Å². The number of phenolic OH excluding ortho intramolecular Hbond substituents is 2. The molecule has 3 saturated carbocycles. The molecule has 2 N–H and O–H groups in total. The third-order valence-electron chi connectivity index (χ3n) is 9.10. The Kier molecular flexibility index (Phi) is 7.71. The van der Waals surface area contributed by atoms with Crippen LogP contribution in [0, 0.1) is 84.7 Å². The first-order valence-electron chi connectivity index (χ1n) is 13.6. The van der Waals surface area contributed by atoms with Crippen LogP contribution in [0.5, 0.6) is 11.5 Å². The van der Waals surface area contributed by atoms with Crippen molar-refractivity contribution in [1.29, 1.82) is 0 Å². The summed E-state index contributed by atoms with van der Waals surface area (Å²) in [7, 11) is 0. The van der Waals surface area contributed by atoms with Gasteiger partial charge in [0.2, 0.25) is 0 Å². The van der Waals surface area contributed by atoms with Crippen LogP contribution in [0.4, 0.5) is 0 Å². The molecule has 3 aliphatic rings. The SMILES string of the molecule is C#CC#CC#CC#CSCc1cc(C)cc(C2CCC3C4CC(c5cc(C)cc(CC)c5O)C(C4)C23)c1O.[HH].[HH].[HH].[HH].[HH].[HH]. The van der Waals surface area contributed by atoms with E-state index >= 15 is 0 Å². The van der Waals surface area contributed by atoms with Crippen molar-refractivity contribution in [3.05, 3.63) is 57.6 Å². The third kappa shape index (κ3) is 4.90. The second kappa shape index (κ2) is 11.2. The second-order valence-electron chi connectivity index (χ2n) is 11.2. The summed E-state index contributed by atoms with van der Waals surface area (Å²) in [4.78, 5) is 0. The van der Waals surface area contributed by atoms with Crippen LogP contribution in [0.3, 0.4) is 0 Å². The highest BCUT2D eigenvalue weighted by Gasteiger charge is 2.58. The molecule has 0 aromatic heterocycles. The van der Waals surface area contributed by atoms with Gasteiger partial charge in [0.25, 0.3) is 0 Å². The van der Waals surface area contributed by atoms with Crippen molar-refractivity contribution in [2.24, 2.45) is 23.7 Å². The molecule has 0 amide bonds. The molecule has 0 aliphatic heterocycles. The molecule has 3 fully saturated rings. The number of aromatic hydroxyl groups is 2. The van der Waals surface area contributed by atoms with Crippen molar-refractivity contribution in [3.63, 3.8) is 0 Å². The first kappa shape index (κ1) is 26.2. The van der Waals surface area contributed by atoms with Gasteiger partial charge in [0, 0.05) is 19.9 Å². The van der Waals surface area contributed by atoms with Crippen LogP contribution in [-0.4, -0.2) is 10.2 Å². The number of benzene rings is 2. The molecule has 2 bridgehead atoms. The van der Waals surface area contributed by atoms with Crippen LogP contribution in [0.1, 0.15) is 86.4 Å². The van der Waals surface area contributed by atoms with Crippen molar-refractivity contribution in [2.75, 3.05) is 0 Å². The number of hydrogen-bond acceptors (Lipinski definition) is 3. The van der Waals surface area contributed by atoms with Crippen molar-refractivity contribution in [2.45, 2.75) is 70.5 Å². The van der Waals surface area contributed by atoms with Gasteiger partial charge in [-0.3, -0.25) is 0 Å². The van der Waals surface area contributed by atoms with E-state index in [4.69, 9.17) is 6.42 Å². The van der Waals surface area contributed by atoms with Gasteiger partial charge in [-0.25, -0.2) is 0 Å². The molecule has 38 heavy (non-hydrogen) atoms. The number of aryl methyl sites for hydroxylation is 3. The predicted molar refractivity (Wildman–Crippen MR) is 169 cm³/mol. The summed E-state index contributed by atoms with van der Waals surface area (Å²) >= 11 is 1.44. The Morgan fingerprint density at radius 1 is 0.842 bits per heavy atom. The molecule has 6 atom stereocenters. The maximum Gasteiger partial charge on any atom is 0.123 e. The van der Waals surface area contributed by atoms with Crippen molar-refractivity contribution >= 4 is 11.8 Å². The minimum Gasteiger partial charge on any atom is -0.507 e. The normalized spacial score (nSPS) is 26.3. The Balaban J connectivity index is 0. The monoisotopic (exact) mass is 530 g/mol. The minimum atomic E-state index is 0. The van der Waals surface area contributed by atoms with Crippen LogP contribution in [-0.2, 0) is 12.2 Å². The lowest BCUT2D eigenvalue weighted by molar-refractivity contribution is 0.213. The van der Waals surface area contributed by atoms with E-state index < -0.39 is 0 Å². The highest BCUT2D eigenvalue weighted by Crippen LogP contribution is 2.68. The second-order valence-corrected chi connectivity index (χ2v) is 11.9. The molecule has 2 aromatic rings. The Morgan fingerprint density at radius 2 is 1.50 bits per heavy atom. The number of thioether (sulfide) groups is 1. The molecule has 2 nitrogen and oxygen atoms in total. The standard InChI is InChI=1S/C35H34O2S.6H2/c1-5-7-8-9-10-11-14-38-21-26-16-23(4)17-31(35(26)37)28-13-12-27-25-19-29(30(20-25)33(27)28)32-18-22(3)15-24(6-2)34(32)36;;;;;;/h1,15-18,25,27-30,33,36-37H,6,12-13,19-21H2,2-4H3;6*1H. The molecule has 0 heterocycles. The number of phenols is 2. The zero-order valence-corrected chi connectivity index (χ0v) is 23.2. The van der Waals surface area contributed by atoms with E-state index in [1.807, 2.05) is 0 Å². The molecule has 2 aromatic carbocycles.